The summed E-state index contributed by atoms with van der Waals surface area (Å²) in [6.45, 7) is 16.7. The van der Waals surface area contributed by atoms with Crippen molar-refractivity contribution in [2.75, 3.05) is 0 Å². The summed E-state index contributed by atoms with van der Waals surface area (Å²) in [6, 6.07) is 30.1. The molecule has 6 rings (SSSR count). The average Bonchev–Trinajstić information content (AvgIpc) is 3.66. The van der Waals surface area contributed by atoms with Crippen molar-refractivity contribution in [1.29, 1.82) is 0 Å². The van der Waals surface area contributed by atoms with E-state index in [-0.39, 0.29) is 10.8 Å². The molecule has 1 heteroatoms. The van der Waals surface area contributed by atoms with Gasteiger partial charge in [-0.05, 0) is 0 Å². The number of hydrogen-bond acceptors (Lipinski definition) is 0. The molecule has 0 saturated carbocycles. The molecule has 0 saturated heterocycles. The van der Waals surface area contributed by atoms with Gasteiger partial charge < -0.3 is 0 Å². The molecule has 0 heterocycles. The third-order valence-electron chi connectivity index (χ3n) is 9.39. The maximum absolute atomic E-state index is 2.85. The van der Waals surface area contributed by atoms with E-state index in [1.54, 1.807) is 17.7 Å². The van der Waals surface area contributed by atoms with E-state index in [4.69, 9.17) is 0 Å². The Morgan fingerprint density at radius 1 is 0.727 bits per heavy atom. The first-order valence-corrected chi connectivity index (χ1v) is 20.5. The molecule has 0 spiro atoms. The molecule has 44 heavy (non-hydrogen) atoms. The maximum atomic E-state index is 2.85. The van der Waals surface area contributed by atoms with Crippen LogP contribution in [-0.4, -0.2) is 3.71 Å². The summed E-state index contributed by atoms with van der Waals surface area (Å²) in [5.41, 5.74) is 14.7. The van der Waals surface area contributed by atoms with Gasteiger partial charge in [0, 0.05) is 0 Å². The van der Waals surface area contributed by atoms with Gasteiger partial charge in [0.15, 0.2) is 0 Å². The first kappa shape index (κ1) is 31.1. The Balaban J connectivity index is 1.70. The minimum absolute atomic E-state index is 0.0224. The molecule has 0 fully saturated rings. The number of allylic oxidation sites excluding steroid dienone is 4. The van der Waals surface area contributed by atoms with E-state index in [2.05, 4.69) is 149 Å². The van der Waals surface area contributed by atoms with Gasteiger partial charge in [0.1, 0.15) is 0 Å². The van der Waals surface area contributed by atoms with Gasteiger partial charge in [-0.3, -0.25) is 0 Å². The molecule has 0 unspecified atom stereocenters. The molecule has 0 nitrogen and oxygen atoms in total. The fourth-order valence-corrected chi connectivity index (χ4v) is 14.5. The second-order valence-electron chi connectivity index (χ2n) is 14.7. The van der Waals surface area contributed by atoms with Gasteiger partial charge in [0.2, 0.25) is 0 Å². The zero-order valence-corrected chi connectivity index (χ0v) is 30.3. The van der Waals surface area contributed by atoms with Crippen molar-refractivity contribution in [3.63, 3.8) is 0 Å². The average molecular weight is 656 g/mol. The van der Waals surface area contributed by atoms with Gasteiger partial charge in [0.25, 0.3) is 0 Å². The monoisotopic (exact) mass is 654 g/mol. The van der Waals surface area contributed by atoms with E-state index < -0.39 is 21.3 Å². The van der Waals surface area contributed by atoms with Crippen molar-refractivity contribution in [1.82, 2.24) is 0 Å². The topological polar surface area (TPSA) is 0 Å². The predicted octanol–water partition coefficient (Wildman–Crippen LogP) is 11.3. The Labute approximate surface area is 274 Å². The number of fused-ring (bicyclic) bond motifs is 3. The zero-order chi connectivity index (χ0) is 31.1. The van der Waals surface area contributed by atoms with Gasteiger partial charge in [-0.1, -0.05) is 0 Å². The first-order valence-electron chi connectivity index (χ1n) is 16.6. The van der Waals surface area contributed by atoms with Gasteiger partial charge in [-0.15, -0.1) is 0 Å². The summed E-state index contributed by atoms with van der Waals surface area (Å²) < 4.78 is 6.31. The summed E-state index contributed by atoms with van der Waals surface area (Å²) in [4.78, 5) is 0. The Hall–Kier alpha value is -2.89. The summed E-state index contributed by atoms with van der Waals surface area (Å²) in [5.74, 6) is 0. The third kappa shape index (κ3) is 6.02. The van der Waals surface area contributed by atoms with Crippen molar-refractivity contribution in [2.45, 2.75) is 91.4 Å². The van der Waals surface area contributed by atoms with Gasteiger partial charge in [0.05, 0.1) is 0 Å². The Kier molecular flexibility index (Phi) is 8.83. The van der Waals surface area contributed by atoms with Crippen LogP contribution < -0.4 is 3.27 Å². The van der Waals surface area contributed by atoms with Crippen LogP contribution in [-0.2, 0) is 38.5 Å². The summed E-state index contributed by atoms with van der Waals surface area (Å²) in [6.07, 6.45) is 13.1. The van der Waals surface area contributed by atoms with Crippen LogP contribution in [0.25, 0.3) is 33.4 Å². The van der Waals surface area contributed by atoms with Gasteiger partial charge in [-0.2, -0.15) is 0 Å². The molecule has 0 amide bonds. The molecule has 4 aromatic carbocycles. The SMILES string of the molecule is CCCC/[CH]=[Zr](/[C]1=CC=CC1)[c]1c2c(cc(C(C)(C)C)c1-c1ccccc1)-c1cc(C(C)(C)C)c(-c3ccccc3)cc1C2. The molecular formula is C43H48Zr. The van der Waals surface area contributed by atoms with Gasteiger partial charge >= 0.3 is 276 Å². The fraction of sp³-hybridized carbons (Fsp3) is 0.326. The molecule has 0 bridgehead atoms. The van der Waals surface area contributed by atoms with Crippen molar-refractivity contribution in [3.05, 3.63) is 123 Å². The normalized spacial score (nSPS) is 14.5. The quantitative estimate of drug-likeness (QED) is 0.153. The van der Waals surface area contributed by atoms with E-state index in [9.17, 15) is 0 Å². The van der Waals surface area contributed by atoms with Crippen LogP contribution in [0.1, 0.15) is 96.4 Å². The second kappa shape index (κ2) is 12.5. The molecule has 4 aromatic rings. The van der Waals surface area contributed by atoms with Crippen LogP contribution >= 0.6 is 0 Å². The van der Waals surface area contributed by atoms with Crippen molar-refractivity contribution in [3.8, 4) is 33.4 Å². The standard InChI is InChI=1S/C33H33.C5H5.C5H10.Zr/c1-32(2,3)30-20-26-24(18-28(30)22-13-9-7-10-14-22)17-25-19-29(23-15-11-8-12-16-23)31(21-27(25)26)33(4,5)6;1-2-4-5-3-1;1-3-5-4-2;/h7-16,18,20-21H,17H2,1-6H3;1-3H,4H2;1H,3-5H2,2H3;. The molecule has 0 aliphatic heterocycles. The van der Waals surface area contributed by atoms with Crippen molar-refractivity contribution in [2.24, 2.45) is 0 Å². The molecular weight excluding hydrogens is 608 g/mol. The van der Waals surface area contributed by atoms with E-state index in [1.165, 1.54) is 63.8 Å². The van der Waals surface area contributed by atoms with E-state index >= 15 is 0 Å². The summed E-state index contributed by atoms with van der Waals surface area (Å²) in [7, 11) is 0. The molecule has 0 aromatic heterocycles. The first-order chi connectivity index (χ1) is 21.1. The van der Waals surface area contributed by atoms with Crippen LogP contribution in [0.5, 0.6) is 0 Å². The van der Waals surface area contributed by atoms with Crippen LogP contribution in [0.15, 0.2) is 100 Å². The van der Waals surface area contributed by atoms with Crippen molar-refractivity contribution < 1.29 is 21.3 Å². The van der Waals surface area contributed by atoms with Gasteiger partial charge in [-0.25, -0.2) is 0 Å². The zero-order valence-electron chi connectivity index (χ0n) is 27.9. The number of benzene rings is 4. The molecule has 224 valence electrons. The molecule has 0 atom stereocenters. The third-order valence-corrected chi connectivity index (χ3v) is 16.4. The molecule has 2 aliphatic carbocycles. The van der Waals surface area contributed by atoms with Crippen LogP contribution in [0, 0.1) is 0 Å². The summed E-state index contributed by atoms with van der Waals surface area (Å²) >= 11 is -2.40. The Bertz CT molecular complexity index is 1770. The summed E-state index contributed by atoms with van der Waals surface area (Å²) in [5, 5.41) is 0. The molecule has 0 radical (unpaired) electrons. The fourth-order valence-electron chi connectivity index (χ4n) is 7.14. The van der Waals surface area contributed by atoms with E-state index in [0.29, 0.717) is 0 Å². The van der Waals surface area contributed by atoms with E-state index in [0.717, 1.165) is 12.8 Å². The van der Waals surface area contributed by atoms with E-state index in [1.807, 2.05) is 0 Å². The number of unbranched alkanes of at least 4 members (excludes halogenated alkanes) is 2. The van der Waals surface area contributed by atoms with Crippen LogP contribution in [0.4, 0.5) is 0 Å². The number of rotatable bonds is 7. The number of hydrogen-bond donors (Lipinski definition) is 0. The Morgan fingerprint density at radius 2 is 1.36 bits per heavy atom. The second-order valence-corrected chi connectivity index (χ2v) is 20.6. The molecule has 0 N–H and O–H groups in total. The Morgan fingerprint density at radius 3 is 1.95 bits per heavy atom. The van der Waals surface area contributed by atoms with Crippen LogP contribution in [0.3, 0.4) is 0 Å². The predicted molar refractivity (Wildman–Crippen MR) is 190 cm³/mol. The minimum atomic E-state index is -2.40. The molecule has 2 aliphatic rings. The van der Waals surface area contributed by atoms with Crippen LogP contribution in [0.2, 0.25) is 0 Å². The van der Waals surface area contributed by atoms with Crippen molar-refractivity contribution >= 4 is 6.98 Å².